The molecule has 0 unspecified atom stereocenters. The topological polar surface area (TPSA) is 78.9 Å². The Balaban J connectivity index is 0.00000676. The molecule has 156 valence electrons. The Bertz CT molecular complexity index is 613. The van der Waals surface area contributed by atoms with Gasteiger partial charge in [-0.2, -0.15) is 0 Å². The molecular weight excluding hydrogens is 477 g/mol. The number of rotatable bonds is 7. The van der Waals surface area contributed by atoms with Gasteiger partial charge in [0.1, 0.15) is 5.60 Å². The number of guanidine groups is 1. The number of carbonyl (C=O) groups excluding carboxylic acids is 1. The van der Waals surface area contributed by atoms with Crippen LogP contribution in [0.2, 0.25) is 0 Å². The van der Waals surface area contributed by atoms with Crippen LogP contribution in [-0.2, 0) is 11.3 Å². The molecule has 0 spiro atoms. The second-order valence-electron chi connectivity index (χ2n) is 7.06. The van der Waals surface area contributed by atoms with Crippen molar-refractivity contribution < 1.29 is 9.53 Å². The summed E-state index contributed by atoms with van der Waals surface area (Å²) in [7, 11) is 1.73. The summed E-state index contributed by atoms with van der Waals surface area (Å²) < 4.78 is 5.46. The summed E-state index contributed by atoms with van der Waals surface area (Å²) in [5.41, 5.74) is 0.563. The quantitative estimate of drug-likeness (QED) is 0.332. The molecule has 0 saturated heterocycles. The molecule has 2 N–H and O–H groups in total. The van der Waals surface area contributed by atoms with Crippen LogP contribution in [0.4, 0.5) is 4.79 Å². The summed E-state index contributed by atoms with van der Waals surface area (Å²) in [6.07, 6.45) is 0.607. The minimum atomic E-state index is -0.487. The normalized spacial score (nSPS) is 11.6. The predicted molar refractivity (Wildman–Crippen MR) is 123 cm³/mol. The van der Waals surface area contributed by atoms with Crippen LogP contribution in [0.15, 0.2) is 4.99 Å². The van der Waals surface area contributed by atoms with E-state index in [1.165, 1.54) is 4.88 Å². The molecule has 1 heterocycles. The van der Waals surface area contributed by atoms with Crippen molar-refractivity contribution in [3.8, 4) is 0 Å². The standard InChI is InChI=1S/C18H33N5O2S.HI/c1-8-10-23(17(24)25-18(4,5)6)11-9-20-16(19-7)21-12-15-13(2)22-14(3)26-15;/h8-12H2,1-7H3,(H2,19,20,21);1H. The van der Waals surface area contributed by atoms with Crippen molar-refractivity contribution in [3.63, 3.8) is 0 Å². The number of nitrogens with one attached hydrogen (secondary N) is 2. The van der Waals surface area contributed by atoms with Crippen LogP contribution >= 0.6 is 35.3 Å². The molecule has 27 heavy (non-hydrogen) atoms. The average molecular weight is 511 g/mol. The van der Waals surface area contributed by atoms with E-state index < -0.39 is 5.60 Å². The van der Waals surface area contributed by atoms with E-state index in [-0.39, 0.29) is 30.1 Å². The SMILES string of the molecule is CCCN(CCNC(=NC)NCc1sc(C)nc1C)C(=O)OC(C)(C)C.I. The number of hydrogen-bond donors (Lipinski definition) is 2. The van der Waals surface area contributed by atoms with Crippen LogP contribution in [-0.4, -0.2) is 54.2 Å². The van der Waals surface area contributed by atoms with E-state index in [0.717, 1.165) is 17.1 Å². The highest BCUT2D eigenvalue weighted by Crippen LogP contribution is 2.16. The number of aliphatic imine (C=N–C) groups is 1. The number of nitrogens with zero attached hydrogens (tertiary/aromatic N) is 3. The Morgan fingerprint density at radius 1 is 1.26 bits per heavy atom. The Kier molecular flexibility index (Phi) is 11.9. The molecular formula is C18H34IN5O2S. The first-order chi connectivity index (χ1) is 12.2. The molecule has 0 radical (unpaired) electrons. The fraction of sp³-hybridized carbons (Fsp3) is 0.722. The molecule has 0 fully saturated rings. The highest BCUT2D eigenvalue weighted by molar-refractivity contribution is 14.0. The van der Waals surface area contributed by atoms with E-state index in [4.69, 9.17) is 4.74 Å². The molecule has 0 bridgehead atoms. The second-order valence-corrected chi connectivity index (χ2v) is 8.35. The van der Waals surface area contributed by atoms with Crippen molar-refractivity contribution >= 4 is 47.4 Å². The van der Waals surface area contributed by atoms with Gasteiger partial charge in [-0.05, 0) is 41.0 Å². The van der Waals surface area contributed by atoms with Crippen LogP contribution in [0, 0.1) is 13.8 Å². The predicted octanol–water partition coefficient (Wildman–Crippen LogP) is 3.69. The van der Waals surface area contributed by atoms with Gasteiger partial charge in [0.05, 0.1) is 17.2 Å². The van der Waals surface area contributed by atoms with Gasteiger partial charge in [0.2, 0.25) is 0 Å². The monoisotopic (exact) mass is 511 g/mol. The van der Waals surface area contributed by atoms with E-state index >= 15 is 0 Å². The lowest BCUT2D eigenvalue weighted by Gasteiger charge is -2.27. The molecule has 9 heteroatoms. The van der Waals surface area contributed by atoms with E-state index in [1.807, 2.05) is 41.5 Å². The largest absolute Gasteiger partial charge is 0.444 e. The molecule has 0 aromatic carbocycles. The smallest absolute Gasteiger partial charge is 0.410 e. The van der Waals surface area contributed by atoms with E-state index in [0.29, 0.717) is 32.1 Å². The maximum atomic E-state index is 12.3. The number of hydrogen-bond acceptors (Lipinski definition) is 5. The van der Waals surface area contributed by atoms with Gasteiger partial charge >= 0.3 is 6.09 Å². The third-order valence-corrected chi connectivity index (χ3v) is 4.53. The molecule has 1 aromatic rings. The first-order valence-electron chi connectivity index (χ1n) is 9.01. The number of aryl methyl sites for hydroxylation is 2. The van der Waals surface area contributed by atoms with Gasteiger partial charge in [-0.15, -0.1) is 35.3 Å². The Morgan fingerprint density at radius 2 is 1.93 bits per heavy atom. The molecule has 0 aliphatic heterocycles. The molecule has 0 atom stereocenters. The van der Waals surface area contributed by atoms with E-state index in [2.05, 4.69) is 20.6 Å². The number of amides is 1. The molecule has 1 amide bonds. The molecule has 0 aliphatic carbocycles. The van der Waals surface area contributed by atoms with Crippen LogP contribution in [0.3, 0.4) is 0 Å². The molecule has 0 saturated carbocycles. The second kappa shape index (κ2) is 12.4. The van der Waals surface area contributed by atoms with Gasteiger partial charge in [-0.1, -0.05) is 6.92 Å². The van der Waals surface area contributed by atoms with Gasteiger partial charge < -0.3 is 20.3 Å². The maximum absolute atomic E-state index is 12.3. The van der Waals surface area contributed by atoms with Gasteiger partial charge in [0.25, 0.3) is 0 Å². The zero-order valence-corrected chi connectivity index (χ0v) is 20.7. The Labute approximate surface area is 184 Å². The minimum absolute atomic E-state index is 0. The summed E-state index contributed by atoms with van der Waals surface area (Å²) in [4.78, 5) is 23.9. The molecule has 1 aromatic heterocycles. The third kappa shape index (κ3) is 10.1. The number of halogens is 1. The highest BCUT2D eigenvalue weighted by atomic mass is 127. The van der Waals surface area contributed by atoms with E-state index in [9.17, 15) is 4.79 Å². The maximum Gasteiger partial charge on any atom is 0.410 e. The summed E-state index contributed by atoms with van der Waals surface area (Å²) in [6, 6.07) is 0. The summed E-state index contributed by atoms with van der Waals surface area (Å²) in [6.45, 7) is 14.2. The van der Waals surface area contributed by atoms with Crippen molar-refractivity contribution in [2.75, 3.05) is 26.7 Å². The van der Waals surface area contributed by atoms with Crippen molar-refractivity contribution in [1.29, 1.82) is 0 Å². The first-order valence-corrected chi connectivity index (χ1v) is 9.83. The van der Waals surface area contributed by atoms with E-state index in [1.54, 1.807) is 23.3 Å². The number of ether oxygens (including phenoxy) is 1. The van der Waals surface area contributed by atoms with Crippen LogP contribution < -0.4 is 10.6 Å². The minimum Gasteiger partial charge on any atom is -0.444 e. The first kappa shape index (κ1) is 25.9. The molecule has 1 rings (SSSR count). The van der Waals surface area contributed by atoms with Crippen LogP contribution in [0.5, 0.6) is 0 Å². The third-order valence-electron chi connectivity index (χ3n) is 3.46. The molecule has 0 aliphatic rings. The summed E-state index contributed by atoms with van der Waals surface area (Å²) in [5.74, 6) is 0.705. The van der Waals surface area contributed by atoms with Crippen molar-refractivity contribution in [3.05, 3.63) is 15.6 Å². The summed E-state index contributed by atoms with van der Waals surface area (Å²) >= 11 is 1.69. The van der Waals surface area contributed by atoms with Gasteiger partial charge in [-0.25, -0.2) is 9.78 Å². The number of aromatic nitrogens is 1. The fourth-order valence-electron chi connectivity index (χ4n) is 2.32. The average Bonchev–Trinajstić information content (AvgIpc) is 2.85. The zero-order chi connectivity index (χ0) is 19.7. The lowest BCUT2D eigenvalue weighted by molar-refractivity contribution is 0.0253. The van der Waals surface area contributed by atoms with Crippen molar-refractivity contribution in [2.45, 2.75) is 60.1 Å². The summed E-state index contributed by atoms with van der Waals surface area (Å²) in [5, 5.41) is 7.60. The Morgan fingerprint density at radius 3 is 2.41 bits per heavy atom. The highest BCUT2D eigenvalue weighted by Gasteiger charge is 2.21. The lowest BCUT2D eigenvalue weighted by Crippen LogP contribution is -2.44. The van der Waals surface area contributed by atoms with Crippen LogP contribution in [0.1, 0.15) is 49.7 Å². The fourth-order valence-corrected chi connectivity index (χ4v) is 3.20. The Hall–Kier alpha value is -1.10. The van der Waals surface area contributed by atoms with Crippen molar-refractivity contribution in [1.82, 2.24) is 20.5 Å². The van der Waals surface area contributed by atoms with Crippen LogP contribution in [0.25, 0.3) is 0 Å². The van der Waals surface area contributed by atoms with Gasteiger partial charge in [0.15, 0.2) is 5.96 Å². The number of thiazole rings is 1. The lowest BCUT2D eigenvalue weighted by atomic mass is 10.2. The van der Waals surface area contributed by atoms with Crippen molar-refractivity contribution in [2.24, 2.45) is 4.99 Å². The molecule has 7 nitrogen and oxygen atoms in total. The number of carbonyl (C=O) groups is 1. The zero-order valence-electron chi connectivity index (χ0n) is 17.5. The van der Waals surface area contributed by atoms with Gasteiger partial charge in [0, 0.05) is 31.6 Å². The van der Waals surface area contributed by atoms with Gasteiger partial charge in [-0.3, -0.25) is 4.99 Å².